The van der Waals surface area contributed by atoms with Gasteiger partial charge < -0.3 is 14.4 Å². The number of esters is 2. The summed E-state index contributed by atoms with van der Waals surface area (Å²) in [7, 11) is 0. The molecule has 0 aliphatic rings. The van der Waals surface area contributed by atoms with Crippen molar-refractivity contribution in [2.45, 2.75) is 19.6 Å². The van der Waals surface area contributed by atoms with Gasteiger partial charge in [-0.3, -0.25) is 0 Å². The predicted octanol–water partition coefficient (Wildman–Crippen LogP) is 8.79. The SMILES string of the molecule is C=CC(=O)OCc1ccc(N(c2ccc(COC(=O)/C=C/c3cccs3)cc2)c2ccc(Cc3ccccc3)cc2)cc1. The van der Waals surface area contributed by atoms with Crippen LogP contribution in [0.25, 0.3) is 6.08 Å². The topological polar surface area (TPSA) is 55.8 Å². The summed E-state index contributed by atoms with van der Waals surface area (Å²) in [6, 6.07) is 38.7. The average molecular weight is 586 g/mol. The first kappa shape index (κ1) is 29.3. The molecule has 1 aromatic heterocycles. The molecule has 5 aromatic rings. The highest BCUT2D eigenvalue weighted by Crippen LogP contribution is 2.35. The third kappa shape index (κ3) is 8.41. The monoisotopic (exact) mass is 585 g/mol. The minimum atomic E-state index is -0.453. The highest BCUT2D eigenvalue weighted by atomic mass is 32.1. The van der Waals surface area contributed by atoms with Crippen molar-refractivity contribution in [1.82, 2.24) is 0 Å². The standard InChI is InChI=1S/C37H31NO4S/c1-2-36(39)41-26-30-12-18-33(19-13-30)38(32-16-10-29(11-17-32)25-28-7-4-3-5-8-28)34-20-14-31(15-21-34)27-42-37(40)23-22-35-9-6-24-43-35/h2-24H,1,25-27H2/b23-22+. The Labute approximate surface area is 256 Å². The Bertz CT molecular complexity index is 1660. The lowest BCUT2D eigenvalue weighted by molar-refractivity contribution is -0.139. The van der Waals surface area contributed by atoms with E-state index in [9.17, 15) is 9.59 Å². The number of rotatable bonds is 12. The Morgan fingerprint density at radius 3 is 1.65 bits per heavy atom. The minimum absolute atomic E-state index is 0.176. The van der Waals surface area contributed by atoms with E-state index in [0.717, 1.165) is 45.6 Å². The second-order valence-electron chi connectivity index (χ2n) is 9.77. The fraction of sp³-hybridized carbons (Fsp3) is 0.0811. The van der Waals surface area contributed by atoms with Gasteiger partial charge in [0, 0.05) is 34.1 Å². The van der Waals surface area contributed by atoms with E-state index < -0.39 is 5.97 Å². The van der Waals surface area contributed by atoms with Crippen LogP contribution in [0.5, 0.6) is 0 Å². The van der Waals surface area contributed by atoms with Gasteiger partial charge in [-0.2, -0.15) is 0 Å². The second-order valence-corrected chi connectivity index (χ2v) is 10.7. The number of carbonyl (C=O) groups is 2. The van der Waals surface area contributed by atoms with Gasteiger partial charge in [-0.25, -0.2) is 9.59 Å². The molecule has 0 fully saturated rings. The number of benzene rings is 4. The van der Waals surface area contributed by atoms with E-state index in [0.29, 0.717) is 0 Å². The number of nitrogens with zero attached hydrogens (tertiary/aromatic N) is 1. The molecule has 5 rings (SSSR count). The first-order valence-corrected chi connectivity index (χ1v) is 14.7. The molecule has 4 aromatic carbocycles. The van der Waals surface area contributed by atoms with Gasteiger partial charge in [-0.15, -0.1) is 11.3 Å². The minimum Gasteiger partial charge on any atom is -0.458 e. The molecule has 43 heavy (non-hydrogen) atoms. The summed E-state index contributed by atoms with van der Waals surface area (Å²) < 4.78 is 10.6. The van der Waals surface area contributed by atoms with Crippen molar-refractivity contribution in [3.8, 4) is 0 Å². The number of ether oxygens (including phenoxy) is 2. The third-order valence-electron chi connectivity index (χ3n) is 6.69. The molecule has 0 spiro atoms. The Hall–Kier alpha value is -5.20. The van der Waals surface area contributed by atoms with Crippen molar-refractivity contribution in [2.24, 2.45) is 0 Å². The Morgan fingerprint density at radius 1 is 0.628 bits per heavy atom. The molecule has 0 aliphatic heterocycles. The number of hydrogen-bond donors (Lipinski definition) is 0. The van der Waals surface area contributed by atoms with E-state index in [2.05, 4.69) is 60.0 Å². The molecule has 0 bridgehead atoms. The first-order valence-electron chi connectivity index (χ1n) is 13.9. The zero-order valence-electron chi connectivity index (χ0n) is 23.6. The molecule has 0 saturated heterocycles. The molecule has 6 heteroatoms. The maximum absolute atomic E-state index is 12.2. The zero-order valence-corrected chi connectivity index (χ0v) is 24.4. The van der Waals surface area contributed by atoms with Crippen LogP contribution in [0.2, 0.25) is 0 Å². The smallest absolute Gasteiger partial charge is 0.331 e. The van der Waals surface area contributed by atoms with Crippen molar-refractivity contribution < 1.29 is 19.1 Å². The zero-order chi connectivity index (χ0) is 29.9. The van der Waals surface area contributed by atoms with Crippen LogP contribution in [0, 0.1) is 0 Å². The van der Waals surface area contributed by atoms with Crippen molar-refractivity contribution in [2.75, 3.05) is 4.90 Å². The van der Waals surface area contributed by atoms with Gasteiger partial charge in [0.2, 0.25) is 0 Å². The summed E-state index contributed by atoms with van der Waals surface area (Å²) in [6.45, 7) is 3.80. The lowest BCUT2D eigenvalue weighted by Crippen LogP contribution is -2.10. The summed E-state index contributed by atoms with van der Waals surface area (Å²) in [6.07, 6.45) is 5.22. The number of hydrogen-bond acceptors (Lipinski definition) is 6. The van der Waals surface area contributed by atoms with Crippen LogP contribution in [-0.4, -0.2) is 11.9 Å². The van der Waals surface area contributed by atoms with Crippen molar-refractivity contribution in [3.05, 3.63) is 167 Å². The quantitative estimate of drug-likeness (QED) is 0.108. The van der Waals surface area contributed by atoms with Gasteiger partial charge in [0.25, 0.3) is 0 Å². The molecule has 5 nitrogen and oxygen atoms in total. The molecular weight excluding hydrogens is 554 g/mol. The van der Waals surface area contributed by atoms with Crippen molar-refractivity contribution in [3.63, 3.8) is 0 Å². The highest BCUT2D eigenvalue weighted by molar-refractivity contribution is 7.10. The first-order chi connectivity index (χ1) is 21.1. The van der Waals surface area contributed by atoms with Gasteiger partial charge in [-0.1, -0.05) is 79.4 Å². The molecule has 214 valence electrons. The fourth-order valence-electron chi connectivity index (χ4n) is 4.48. The molecule has 1 heterocycles. The largest absolute Gasteiger partial charge is 0.458 e. The number of thiophene rings is 1. The Morgan fingerprint density at radius 2 is 1.14 bits per heavy atom. The Kier molecular flexibility index (Phi) is 9.96. The molecule has 0 radical (unpaired) electrons. The van der Waals surface area contributed by atoms with Crippen molar-refractivity contribution in [1.29, 1.82) is 0 Å². The van der Waals surface area contributed by atoms with Crippen molar-refractivity contribution >= 4 is 46.4 Å². The Balaban J connectivity index is 1.33. The summed E-state index contributed by atoms with van der Waals surface area (Å²) in [5.74, 6) is -0.834. The lowest BCUT2D eigenvalue weighted by Gasteiger charge is -2.26. The predicted molar refractivity (Wildman–Crippen MR) is 174 cm³/mol. The van der Waals surface area contributed by atoms with Gasteiger partial charge in [-0.05, 0) is 82.6 Å². The highest BCUT2D eigenvalue weighted by Gasteiger charge is 2.13. The maximum atomic E-state index is 12.2. The third-order valence-corrected chi connectivity index (χ3v) is 7.53. The molecule has 0 atom stereocenters. The van der Waals surface area contributed by atoms with Crippen LogP contribution in [0.1, 0.15) is 27.1 Å². The molecule has 0 amide bonds. The lowest BCUT2D eigenvalue weighted by atomic mass is 10.0. The molecule has 0 unspecified atom stereocenters. The molecule has 0 N–H and O–H groups in total. The fourth-order valence-corrected chi connectivity index (χ4v) is 5.09. The van der Waals surface area contributed by atoms with Gasteiger partial charge in [0.1, 0.15) is 13.2 Å². The van der Waals surface area contributed by atoms with Crippen LogP contribution in [0.4, 0.5) is 17.1 Å². The van der Waals surface area contributed by atoms with Crippen LogP contribution in [0.3, 0.4) is 0 Å². The van der Waals surface area contributed by atoms with Gasteiger partial charge >= 0.3 is 11.9 Å². The number of anilines is 3. The summed E-state index contributed by atoms with van der Waals surface area (Å²) in [5, 5.41) is 1.96. The molecule has 0 aliphatic carbocycles. The van der Waals surface area contributed by atoms with E-state index in [4.69, 9.17) is 9.47 Å². The van der Waals surface area contributed by atoms with E-state index in [1.54, 1.807) is 17.4 Å². The maximum Gasteiger partial charge on any atom is 0.331 e. The summed E-state index contributed by atoms with van der Waals surface area (Å²) >= 11 is 1.56. The van der Waals surface area contributed by atoms with Gasteiger partial charge in [0.05, 0.1) is 0 Å². The molecular formula is C37H31NO4S. The summed E-state index contributed by atoms with van der Waals surface area (Å²) in [5.41, 5.74) is 7.15. The van der Waals surface area contributed by atoms with Crippen LogP contribution >= 0.6 is 11.3 Å². The van der Waals surface area contributed by atoms with Gasteiger partial charge in [0.15, 0.2) is 0 Å². The molecule has 0 saturated carbocycles. The van der Waals surface area contributed by atoms with E-state index >= 15 is 0 Å². The number of carbonyl (C=O) groups excluding carboxylic acids is 2. The van der Waals surface area contributed by atoms with E-state index in [1.807, 2.05) is 72.1 Å². The summed E-state index contributed by atoms with van der Waals surface area (Å²) in [4.78, 5) is 26.8. The normalized spacial score (nSPS) is 10.8. The van der Waals surface area contributed by atoms with E-state index in [-0.39, 0.29) is 19.2 Å². The van der Waals surface area contributed by atoms with E-state index in [1.165, 1.54) is 17.2 Å². The second kappa shape index (κ2) is 14.6. The van der Waals surface area contributed by atoms with Crippen LogP contribution in [-0.2, 0) is 38.7 Å². The van der Waals surface area contributed by atoms with Crippen LogP contribution in [0.15, 0.2) is 139 Å². The van der Waals surface area contributed by atoms with Crippen LogP contribution < -0.4 is 4.90 Å². The average Bonchev–Trinajstić information content (AvgIpc) is 3.58.